The molecule has 2 heterocycles. The first-order valence-corrected chi connectivity index (χ1v) is 9.36. The van der Waals surface area contributed by atoms with Crippen molar-refractivity contribution in [3.05, 3.63) is 90.7 Å². The van der Waals surface area contributed by atoms with E-state index in [0.717, 1.165) is 21.9 Å². The molecule has 0 unspecified atom stereocenters. The Morgan fingerprint density at radius 1 is 1.17 bits per heavy atom. The zero-order valence-corrected chi connectivity index (χ0v) is 16.1. The van der Waals surface area contributed by atoms with Crippen molar-refractivity contribution >= 4 is 22.4 Å². The van der Waals surface area contributed by atoms with E-state index in [1.54, 1.807) is 35.6 Å². The monoisotopic (exact) mass is 385 g/mol. The third-order valence-corrected chi connectivity index (χ3v) is 4.95. The summed E-state index contributed by atoms with van der Waals surface area (Å²) in [7, 11) is 0. The van der Waals surface area contributed by atoms with Crippen LogP contribution in [0.25, 0.3) is 21.9 Å². The molecule has 1 saturated heterocycles. The third-order valence-electron chi connectivity index (χ3n) is 4.95. The molecule has 1 fully saturated rings. The Hall–Kier alpha value is -3.60. The summed E-state index contributed by atoms with van der Waals surface area (Å²) >= 11 is 0. The SMILES string of the molecule is C=C1CN(Cc2ccc(-c3ccc4ccncc4c3)cc2F)C(=O)/C1=N/C=C\C. The van der Waals surface area contributed by atoms with Crippen LogP contribution in [0.1, 0.15) is 12.5 Å². The molecule has 1 aliphatic heterocycles. The zero-order valence-electron chi connectivity index (χ0n) is 16.1. The second-order valence-electron chi connectivity index (χ2n) is 6.97. The van der Waals surface area contributed by atoms with Crippen molar-refractivity contribution in [3.63, 3.8) is 0 Å². The molecule has 0 N–H and O–H groups in total. The number of amides is 1. The van der Waals surface area contributed by atoms with E-state index in [2.05, 4.69) is 16.6 Å². The summed E-state index contributed by atoms with van der Waals surface area (Å²) in [6.45, 7) is 6.27. The molecule has 5 heteroatoms. The fourth-order valence-corrected chi connectivity index (χ4v) is 3.43. The summed E-state index contributed by atoms with van der Waals surface area (Å²) in [5.41, 5.74) is 3.15. The summed E-state index contributed by atoms with van der Waals surface area (Å²) in [6, 6.07) is 13.0. The Kier molecular flexibility index (Phi) is 5.04. The molecule has 1 amide bonds. The van der Waals surface area contributed by atoms with Gasteiger partial charge in [-0.05, 0) is 47.2 Å². The molecule has 0 saturated carbocycles. The smallest absolute Gasteiger partial charge is 0.273 e. The highest BCUT2D eigenvalue weighted by Crippen LogP contribution is 2.27. The maximum absolute atomic E-state index is 14.8. The molecule has 0 spiro atoms. The van der Waals surface area contributed by atoms with Crippen molar-refractivity contribution in [1.29, 1.82) is 0 Å². The second-order valence-corrected chi connectivity index (χ2v) is 6.97. The average molecular weight is 385 g/mol. The maximum atomic E-state index is 14.8. The lowest BCUT2D eigenvalue weighted by molar-refractivity contribution is -0.123. The number of pyridine rings is 1. The number of aliphatic imine (C=N–C) groups is 1. The topological polar surface area (TPSA) is 45.6 Å². The second kappa shape index (κ2) is 7.80. The molecule has 3 aromatic rings. The molecule has 29 heavy (non-hydrogen) atoms. The number of carbonyl (C=O) groups is 1. The lowest BCUT2D eigenvalue weighted by atomic mass is 10.0. The van der Waals surface area contributed by atoms with Gasteiger partial charge in [0, 0.05) is 42.6 Å². The number of aromatic nitrogens is 1. The molecule has 1 aromatic heterocycles. The first-order valence-electron chi connectivity index (χ1n) is 9.36. The minimum atomic E-state index is -0.342. The molecular formula is C24H20FN3O. The van der Waals surface area contributed by atoms with E-state index in [1.165, 1.54) is 6.07 Å². The number of likely N-dealkylation sites (tertiary alicyclic amines) is 1. The predicted molar refractivity (Wildman–Crippen MR) is 114 cm³/mol. The normalized spacial score (nSPS) is 15.9. The molecule has 2 aromatic carbocycles. The van der Waals surface area contributed by atoms with Gasteiger partial charge in [-0.3, -0.25) is 14.8 Å². The number of nitrogens with zero attached hydrogens (tertiary/aromatic N) is 3. The van der Waals surface area contributed by atoms with E-state index < -0.39 is 0 Å². The van der Waals surface area contributed by atoms with Crippen molar-refractivity contribution < 1.29 is 9.18 Å². The largest absolute Gasteiger partial charge is 0.328 e. The Labute approximate surface area is 168 Å². The van der Waals surface area contributed by atoms with Gasteiger partial charge in [-0.2, -0.15) is 0 Å². The van der Waals surface area contributed by atoms with Gasteiger partial charge in [-0.15, -0.1) is 0 Å². The van der Waals surface area contributed by atoms with Gasteiger partial charge in [0.1, 0.15) is 11.5 Å². The standard InChI is InChI=1S/C24H20FN3O/c1-3-9-27-23-16(2)14-28(24(23)29)15-20-7-6-19(12-22(20)25)18-5-4-17-8-10-26-13-21(17)11-18/h3-13H,2,14-15H2,1H3/b9-3-,27-23+. The molecule has 1 aliphatic rings. The van der Waals surface area contributed by atoms with Crippen LogP contribution in [0.4, 0.5) is 4.39 Å². The highest BCUT2D eigenvalue weighted by molar-refractivity contribution is 6.47. The summed E-state index contributed by atoms with van der Waals surface area (Å²) in [4.78, 5) is 22.4. The quantitative estimate of drug-likeness (QED) is 0.640. The fraction of sp³-hybridized carbons (Fsp3) is 0.125. The van der Waals surface area contributed by atoms with Crippen LogP contribution in [0.3, 0.4) is 0 Å². The Morgan fingerprint density at radius 2 is 1.97 bits per heavy atom. The summed E-state index contributed by atoms with van der Waals surface area (Å²) in [5, 5.41) is 2.09. The molecule has 0 aliphatic carbocycles. The van der Waals surface area contributed by atoms with E-state index in [9.17, 15) is 9.18 Å². The minimum absolute atomic E-state index is 0.181. The highest BCUT2D eigenvalue weighted by Gasteiger charge is 2.31. The molecule has 4 rings (SSSR count). The summed E-state index contributed by atoms with van der Waals surface area (Å²) in [5.74, 6) is -0.565. The fourth-order valence-electron chi connectivity index (χ4n) is 3.43. The Morgan fingerprint density at radius 3 is 2.76 bits per heavy atom. The zero-order chi connectivity index (χ0) is 20.4. The van der Waals surface area contributed by atoms with Gasteiger partial charge in [-0.1, -0.05) is 36.9 Å². The number of halogens is 1. The van der Waals surface area contributed by atoms with Gasteiger partial charge in [0.05, 0.1) is 0 Å². The van der Waals surface area contributed by atoms with Crippen LogP contribution in [0.15, 0.2) is 84.3 Å². The van der Waals surface area contributed by atoms with E-state index in [0.29, 0.717) is 23.4 Å². The van der Waals surface area contributed by atoms with Crippen LogP contribution in [-0.2, 0) is 11.3 Å². The Bertz CT molecular complexity index is 1180. The first kappa shape index (κ1) is 18.7. The molecule has 0 radical (unpaired) electrons. The van der Waals surface area contributed by atoms with Gasteiger partial charge in [0.15, 0.2) is 0 Å². The van der Waals surface area contributed by atoms with Crippen LogP contribution < -0.4 is 0 Å². The van der Waals surface area contributed by atoms with Crippen molar-refractivity contribution in [1.82, 2.24) is 9.88 Å². The van der Waals surface area contributed by atoms with Crippen LogP contribution in [0.5, 0.6) is 0 Å². The van der Waals surface area contributed by atoms with Gasteiger partial charge < -0.3 is 4.90 Å². The van der Waals surface area contributed by atoms with Crippen LogP contribution in [0, 0.1) is 5.82 Å². The van der Waals surface area contributed by atoms with Crippen molar-refractivity contribution in [2.75, 3.05) is 6.54 Å². The number of hydrogen-bond acceptors (Lipinski definition) is 3. The van der Waals surface area contributed by atoms with Crippen molar-refractivity contribution in [2.24, 2.45) is 4.99 Å². The Balaban J connectivity index is 1.57. The first-order chi connectivity index (χ1) is 14.1. The lowest BCUT2D eigenvalue weighted by Crippen LogP contribution is -2.27. The molecular weight excluding hydrogens is 365 g/mol. The number of fused-ring (bicyclic) bond motifs is 1. The van der Waals surface area contributed by atoms with Gasteiger partial charge in [-0.25, -0.2) is 4.39 Å². The highest BCUT2D eigenvalue weighted by atomic mass is 19.1. The minimum Gasteiger partial charge on any atom is -0.328 e. The lowest BCUT2D eigenvalue weighted by Gasteiger charge is -2.16. The number of benzene rings is 2. The van der Waals surface area contributed by atoms with Crippen molar-refractivity contribution in [2.45, 2.75) is 13.5 Å². The number of hydrogen-bond donors (Lipinski definition) is 0. The molecule has 4 nitrogen and oxygen atoms in total. The van der Waals surface area contributed by atoms with Crippen molar-refractivity contribution in [3.8, 4) is 11.1 Å². The van der Waals surface area contributed by atoms with E-state index in [4.69, 9.17) is 0 Å². The van der Waals surface area contributed by atoms with Crippen LogP contribution >= 0.6 is 0 Å². The number of carbonyl (C=O) groups excluding carboxylic acids is 1. The average Bonchev–Trinajstić information content (AvgIpc) is 3.00. The van der Waals surface area contributed by atoms with E-state index in [-0.39, 0.29) is 18.3 Å². The molecule has 144 valence electrons. The van der Waals surface area contributed by atoms with Gasteiger partial charge in [0.25, 0.3) is 5.91 Å². The molecule has 0 bridgehead atoms. The number of rotatable bonds is 4. The number of allylic oxidation sites excluding steroid dienone is 1. The van der Waals surface area contributed by atoms with Crippen LogP contribution in [-0.4, -0.2) is 28.0 Å². The predicted octanol–water partition coefficient (Wildman–Crippen LogP) is 4.91. The molecule has 0 atom stereocenters. The van der Waals surface area contributed by atoms with Crippen LogP contribution in [0.2, 0.25) is 0 Å². The summed E-state index contributed by atoms with van der Waals surface area (Å²) in [6.07, 6.45) is 6.86. The maximum Gasteiger partial charge on any atom is 0.273 e. The third kappa shape index (κ3) is 3.72. The van der Waals surface area contributed by atoms with E-state index in [1.807, 2.05) is 37.3 Å². The van der Waals surface area contributed by atoms with E-state index >= 15 is 0 Å². The van der Waals surface area contributed by atoms with Gasteiger partial charge in [0.2, 0.25) is 0 Å². The van der Waals surface area contributed by atoms with Gasteiger partial charge >= 0.3 is 0 Å². The summed E-state index contributed by atoms with van der Waals surface area (Å²) < 4.78 is 14.8.